The zero-order chi connectivity index (χ0) is 24.2. The highest BCUT2D eigenvalue weighted by Gasteiger charge is 2.24. The Morgan fingerprint density at radius 2 is 1.71 bits per heavy atom. The van der Waals surface area contributed by atoms with Crippen molar-refractivity contribution in [3.63, 3.8) is 0 Å². The summed E-state index contributed by atoms with van der Waals surface area (Å²) in [7, 11) is 0. The maximum atomic E-state index is 12.9. The maximum Gasteiger partial charge on any atom is 0.407 e. The van der Waals surface area contributed by atoms with Gasteiger partial charge >= 0.3 is 6.09 Å². The molecule has 3 aromatic rings. The van der Waals surface area contributed by atoms with Gasteiger partial charge in [0.05, 0.1) is 5.92 Å². The van der Waals surface area contributed by atoms with Crippen molar-refractivity contribution in [1.29, 1.82) is 0 Å². The number of carbonyl (C=O) groups is 3. The van der Waals surface area contributed by atoms with Crippen molar-refractivity contribution >= 4 is 29.1 Å². The number of alkyl carbamates (subject to hydrolysis) is 1. The molecule has 2 amide bonds. The molecule has 0 aliphatic heterocycles. The van der Waals surface area contributed by atoms with E-state index in [1.807, 2.05) is 67.6 Å². The minimum Gasteiger partial charge on any atom is -0.445 e. The van der Waals surface area contributed by atoms with E-state index in [9.17, 15) is 14.4 Å². The molecule has 0 aliphatic carbocycles. The second kappa shape index (κ2) is 13.3. The van der Waals surface area contributed by atoms with Crippen LogP contribution in [0.25, 0.3) is 0 Å². The lowest BCUT2D eigenvalue weighted by Crippen LogP contribution is -2.33. The van der Waals surface area contributed by atoms with Gasteiger partial charge in [0.2, 0.25) is 5.91 Å². The fourth-order valence-electron chi connectivity index (χ4n) is 3.48. The zero-order valence-electron chi connectivity index (χ0n) is 19.1. The van der Waals surface area contributed by atoms with E-state index in [-0.39, 0.29) is 36.6 Å². The molecule has 0 bridgehead atoms. The van der Waals surface area contributed by atoms with Crippen LogP contribution in [0, 0.1) is 5.92 Å². The third-order valence-corrected chi connectivity index (χ3v) is 6.05. The maximum absolute atomic E-state index is 12.9. The Balaban J connectivity index is 1.39. The zero-order valence-corrected chi connectivity index (χ0v) is 19.9. The SMILES string of the molecule is CC(CNC(=O)OCc1ccccc1)CC(=O)NCCC(C(=O)c1nccs1)c1ccccc1. The molecule has 8 heteroatoms. The van der Waals surface area contributed by atoms with Gasteiger partial charge in [-0.1, -0.05) is 67.6 Å². The van der Waals surface area contributed by atoms with Gasteiger partial charge in [0.1, 0.15) is 6.61 Å². The molecule has 0 aliphatic rings. The summed E-state index contributed by atoms with van der Waals surface area (Å²) in [6.07, 6.45) is 1.85. The third kappa shape index (κ3) is 8.12. The minimum atomic E-state index is -0.512. The average molecular weight is 480 g/mol. The first-order chi connectivity index (χ1) is 16.5. The number of Topliss-reactive ketones (excluding diaryl/α,β-unsaturated/α-hetero) is 1. The van der Waals surface area contributed by atoms with Gasteiger partial charge in [-0.2, -0.15) is 0 Å². The van der Waals surface area contributed by atoms with Crippen LogP contribution in [-0.2, 0) is 16.1 Å². The van der Waals surface area contributed by atoms with Gasteiger partial charge in [0.15, 0.2) is 10.8 Å². The van der Waals surface area contributed by atoms with E-state index in [0.29, 0.717) is 24.5 Å². The molecule has 2 aromatic carbocycles. The first-order valence-electron chi connectivity index (χ1n) is 11.2. The van der Waals surface area contributed by atoms with Crippen molar-refractivity contribution in [2.24, 2.45) is 5.92 Å². The van der Waals surface area contributed by atoms with Gasteiger partial charge < -0.3 is 15.4 Å². The number of aromatic nitrogens is 1. The van der Waals surface area contributed by atoms with Gasteiger partial charge in [-0.15, -0.1) is 11.3 Å². The highest BCUT2D eigenvalue weighted by atomic mass is 32.1. The Bertz CT molecular complexity index is 1040. The first-order valence-corrected chi connectivity index (χ1v) is 12.1. The van der Waals surface area contributed by atoms with Crippen LogP contribution in [0.3, 0.4) is 0 Å². The first kappa shape index (κ1) is 25.1. The molecule has 2 unspecified atom stereocenters. The Morgan fingerprint density at radius 3 is 2.38 bits per heavy atom. The summed E-state index contributed by atoms with van der Waals surface area (Å²) in [4.78, 5) is 41.3. The van der Waals surface area contributed by atoms with Crippen LogP contribution in [0.1, 0.15) is 46.6 Å². The largest absolute Gasteiger partial charge is 0.445 e. The Morgan fingerprint density at radius 1 is 1.00 bits per heavy atom. The summed E-state index contributed by atoms with van der Waals surface area (Å²) >= 11 is 1.32. The Kier molecular flexibility index (Phi) is 9.79. The number of nitrogens with one attached hydrogen (secondary N) is 2. The number of ketones is 1. The lowest BCUT2D eigenvalue weighted by molar-refractivity contribution is -0.121. The molecule has 178 valence electrons. The van der Waals surface area contributed by atoms with Gasteiger partial charge in [-0.3, -0.25) is 9.59 Å². The molecule has 3 rings (SSSR count). The Labute approximate surface area is 203 Å². The summed E-state index contributed by atoms with van der Waals surface area (Å²) in [5.74, 6) is -0.597. The van der Waals surface area contributed by atoms with Gasteiger partial charge in [-0.05, 0) is 23.5 Å². The van der Waals surface area contributed by atoms with Crippen molar-refractivity contribution in [3.05, 3.63) is 88.4 Å². The highest BCUT2D eigenvalue weighted by Crippen LogP contribution is 2.25. The third-order valence-electron chi connectivity index (χ3n) is 5.26. The van der Waals surface area contributed by atoms with Crippen LogP contribution in [0.2, 0.25) is 0 Å². The molecule has 0 fully saturated rings. The molecule has 2 N–H and O–H groups in total. The summed E-state index contributed by atoms with van der Waals surface area (Å²) in [5, 5.41) is 7.84. The van der Waals surface area contributed by atoms with Crippen LogP contribution in [-0.4, -0.2) is 35.9 Å². The highest BCUT2D eigenvalue weighted by molar-refractivity contribution is 7.11. The predicted octanol–water partition coefficient (Wildman–Crippen LogP) is 4.57. The van der Waals surface area contributed by atoms with Crippen LogP contribution in [0.4, 0.5) is 4.79 Å². The number of thiazole rings is 1. The quantitative estimate of drug-likeness (QED) is 0.371. The van der Waals surface area contributed by atoms with E-state index in [4.69, 9.17) is 4.74 Å². The molecule has 0 spiro atoms. The van der Waals surface area contributed by atoms with Crippen LogP contribution in [0.15, 0.2) is 72.2 Å². The molecular formula is C26H29N3O4S. The topological polar surface area (TPSA) is 97.4 Å². The molecule has 1 aromatic heterocycles. The summed E-state index contributed by atoms with van der Waals surface area (Å²) < 4.78 is 5.18. The normalized spacial score (nSPS) is 12.4. The molecule has 0 radical (unpaired) electrons. The molecule has 7 nitrogen and oxygen atoms in total. The fraction of sp³-hybridized carbons (Fsp3) is 0.308. The standard InChI is InChI=1S/C26H29N3O4S/c1-19(17-29-26(32)33-18-20-8-4-2-5-9-20)16-23(30)27-13-12-22(21-10-6-3-7-11-21)24(31)25-28-14-15-34-25/h2-11,14-15,19,22H,12-13,16-18H2,1H3,(H,27,30)(H,29,32). The molecule has 0 saturated carbocycles. The lowest BCUT2D eigenvalue weighted by atomic mass is 9.91. The van der Waals surface area contributed by atoms with Gasteiger partial charge in [-0.25, -0.2) is 9.78 Å². The number of amides is 2. The van der Waals surface area contributed by atoms with E-state index in [2.05, 4.69) is 15.6 Å². The van der Waals surface area contributed by atoms with Crippen LogP contribution >= 0.6 is 11.3 Å². The minimum absolute atomic E-state index is 0.0398. The van der Waals surface area contributed by atoms with Crippen molar-refractivity contribution in [2.45, 2.75) is 32.3 Å². The van der Waals surface area contributed by atoms with E-state index in [1.54, 1.807) is 11.6 Å². The number of benzene rings is 2. The van der Waals surface area contributed by atoms with Crippen molar-refractivity contribution in [2.75, 3.05) is 13.1 Å². The number of ether oxygens (including phenoxy) is 1. The summed E-state index contributed by atoms with van der Waals surface area (Å²) in [6.45, 7) is 2.78. The van der Waals surface area contributed by atoms with Crippen LogP contribution in [0.5, 0.6) is 0 Å². The number of nitrogens with zero attached hydrogens (tertiary/aromatic N) is 1. The van der Waals surface area contributed by atoms with E-state index < -0.39 is 6.09 Å². The Hall–Kier alpha value is -3.52. The number of hydrogen-bond donors (Lipinski definition) is 2. The second-order valence-electron chi connectivity index (χ2n) is 8.06. The summed E-state index contributed by atoms with van der Waals surface area (Å²) in [6, 6.07) is 19.0. The van der Waals surface area contributed by atoms with Crippen molar-refractivity contribution in [3.8, 4) is 0 Å². The van der Waals surface area contributed by atoms with Gasteiger partial charge in [0.25, 0.3) is 0 Å². The predicted molar refractivity (Wildman–Crippen MR) is 132 cm³/mol. The molecule has 0 saturated heterocycles. The number of rotatable bonds is 12. The average Bonchev–Trinajstić information content (AvgIpc) is 3.40. The monoisotopic (exact) mass is 479 g/mol. The van der Waals surface area contributed by atoms with E-state index in [1.165, 1.54) is 11.3 Å². The van der Waals surface area contributed by atoms with E-state index in [0.717, 1.165) is 11.1 Å². The smallest absolute Gasteiger partial charge is 0.407 e. The van der Waals surface area contributed by atoms with Gasteiger partial charge in [0, 0.05) is 31.1 Å². The van der Waals surface area contributed by atoms with E-state index >= 15 is 0 Å². The fourth-order valence-corrected chi connectivity index (χ4v) is 4.11. The number of hydrogen-bond acceptors (Lipinski definition) is 6. The van der Waals surface area contributed by atoms with Crippen molar-refractivity contribution in [1.82, 2.24) is 15.6 Å². The van der Waals surface area contributed by atoms with Crippen LogP contribution < -0.4 is 10.6 Å². The lowest BCUT2D eigenvalue weighted by Gasteiger charge is -2.16. The van der Waals surface area contributed by atoms with Crippen molar-refractivity contribution < 1.29 is 19.1 Å². The molecular weight excluding hydrogens is 450 g/mol. The molecule has 2 atom stereocenters. The number of carbonyl (C=O) groups excluding carboxylic acids is 3. The summed E-state index contributed by atoms with van der Waals surface area (Å²) in [5.41, 5.74) is 1.82. The molecule has 1 heterocycles. The molecule has 34 heavy (non-hydrogen) atoms. The second-order valence-corrected chi connectivity index (χ2v) is 8.95.